The Kier molecular flexibility index (Phi) is 8.68. The minimum absolute atomic E-state index is 0.0854. The number of rotatable bonds is 9. The molecule has 0 fully saturated rings. The lowest BCUT2D eigenvalue weighted by Crippen LogP contribution is -2.19. The van der Waals surface area contributed by atoms with Crippen LogP contribution in [0.25, 0.3) is 0 Å². The van der Waals surface area contributed by atoms with E-state index in [9.17, 15) is 9.59 Å². The fraction of sp³-hybridized carbons (Fsp3) is 0.238. The Bertz CT molecular complexity index is 835. The van der Waals surface area contributed by atoms with Gasteiger partial charge in [-0.3, -0.25) is 15.3 Å². The zero-order chi connectivity index (χ0) is 21.1. The molecule has 0 aromatic heterocycles. The Morgan fingerprint density at radius 1 is 1.14 bits per heavy atom. The van der Waals surface area contributed by atoms with Crippen molar-refractivity contribution in [1.29, 1.82) is 0 Å². The van der Waals surface area contributed by atoms with Gasteiger partial charge in [0.15, 0.2) is 0 Å². The van der Waals surface area contributed by atoms with Crippen LogP contribution >= 0.6 is 0 Å². The van der Waals surface area contributed by atoms with Gasteiger partial charge in [0.25, 0.3) is 5.91 Å². The Morgan fingerprint density at radius 3 is 2.55 bits per heavy atom. The molecular weight excluding hydrogens is 376 g/mol. The average Bonchev–Trinajstić information content (AvgIpc) is 2.73. The second-order valence-electron chi connectivity index (χ2n) is 6.11. The van der Waals surface area contributed by atoms with Crippen LogP contribution in [0.5, 0.6) is 5.75 Å². The number of ether oxygens (including phenoxy) is 2. The van der Waals surface area contributed by atoms with Crippen LogP contribution in [-0.2, 0) is 9.53 Å². The zero-order valence-corrected chi connectivity index (χ0v) is 16.0. The van der Waals surface area contributed by atoms with Gasteiger partial charge in [0.2, 0.25) is 0 Å². The second kappa shape index (κ2) is 11.5. The molecule has 8 heteroatoms. The first-order chi connectivity index (χ1) is 14.0. The SMILES string of the molecule is Cc1ccc(NC(=O)O[C@@H](C/C=C/C(=O)NO)c2ccccc2OCCO)cc1. The number of para-hydroxylation sites is 1. The van der Waals surface area contributed by atoms with Crippen molar-refractivity contribution < 1.29 is 29.4 Å². The second-order valence-corrected chi connectivity index (χ2v) is 6.11. The maximum absolute atomic E-state index is 12.4. The Morgan fingerprint density at radius 2 is 1.86 bits per heavy atom. The fourth-order valence-corrected chi connectivity index (χ4v) is 2.52. The van der Waals surface area contributed by atoms with Gasteiger partial charge >= 0.3 is 6.09 Å². The van der Waals surface area contributed by atoms with Gasteiger partial charge in [-0.2, -0.15) is 0 Å². The molecule has 29 heavy (non-hydrogen) atoms. The molecule has 0 heterocycles. The number of aryl methyl sites for hydroxylation is 1. The molecule has 0 aliphatic carbocycles. The maximum Gasteiger partial charge on any atom is 0.412 e. The van der Waals surface area contributed by atoms with Crippen LogP contribution in [0.4, 0.5) is 10.5 Å². The summed E-state index contributed by atoms with van der Waals surface area (Å²) in [6.45, 7) is 1.86. The first-order valence-corrected chi connectivity index (χ1v) is 9.01. The van der Waals surface area contributed by atoms with Gasteiger partial charge in [-0.15, -0.1) is 0 Å². The maximum atomic E-state index is 12.4. The molecule has 0 saturated carbocycles. The third-order valence-corrected chi connectivity index (χ3v) is 3.89. The molecule has 0 radical (unpaired) electrons. The molecule has 0 aliphatic rings. The molecular formula is C21H24N2O6. The van der Waals surface area contributed by atoms with Crippen LogP contribution in [0.15, 0.2) is 60.7 Å². The molecule has 2 amide bonds. The predicted octanol–water partition coefficient (Wildman–Crippen LogP) is 3.11. The molecule has 0 spiro atoms. The van der Waals surface area contributed by atoms with Crippen molar-refractivity contribution in [3.05, 3.63) is 71.8 Å². The Hall–Kier alpha value is -3.36. The van der Waals surface area contributed by atoms with Crippen molar-refractivity contribution in [2.75, 3.05) is 18.5 Å². The fourth-order valence-electron chi connectivity index (χ4n) is 2.52. The number of aliphatic hydroxyl groups is 1. The standard InChI is InChI=1S/C21H24N2O6/c1-15-9-11-16(12-10-15)22-21(26)29-19(7-4-8-20(25)23-27)17-5-2-3-6-18(17)28-14-13-24/h2-6,8-12,19,24,27H,7,13-14H2,1H3,(H,22,26)(H,23,25)/b8-4+/t19-/m0/s1. The molecule has 0 saturated heterocycles. The lowest BCUT2D eigenvalue weighted by atomic mass is 10.0. The predicted molar refractivity (Wildman–Crippen MR) is 107 cm³/mol. The summed E-state index contributed by atoms with van der Waals surface area (Å²) in [7, 11) is 0. The van der Waals surface area contributed by atoms with E-state index in [1.165, 1.54) is 11.6 Å². The highest BCUT2D eigenvalue weighted by molar-refractivity contribution is 5.86. The van der Waals surface area contributed by atoms with Gasteiger partial charge in [-0.1, -0.05) is 42.0 Å². The number of hydrogen-bond acceptors (Lipinski definition) is 6. The lowest BCUT2D eigenvalue weighted by molar-refractivity contribution is -0.124. The number of anilines is 1. The summed E-state index contributed by atoms with van der Waals surface area (Å²) in [5, 5.41) is 20.3. The number of aliphatic hydroxyl groups excluding tert-OH is 1. The largest absolute Gasteiger partial charge is 0.491 e. The summed E-state index contributed by atoms with van der Waals surface area (Å²) in [5.41, 5.74) is 3.72. The van der Waals surface area contributed by atoms with Crippen molar-refractivity contribution in [3.63, 3.8) is 0 Å². The van der Waals surface area contributed by atoms with Crippen LogP contribution in [-0.4, -0.2) is 35.5 Å². The van der Waals surface area contributed by atoms with E-state index in [0.717, 1.165) is 11.6 Å². The van der Waals surface area contributed by atoms with E-state index in [4.69, 9.17) is 19.8 Å². The molecule has 2 aromatic carbocycles. The van der Waals surface area contributed by atoms with Crippen LogP contribution in [0.3, 0.4) is 0 Å². The van der Waals surface area contributed by atoms with Gasteiger partial charge in [0, 0.05) is 23.7 Å². The summed E-state index contributed by atoms with van der Waals surface area (Å²) in [5.74, 6) is -0.243. The quantitative estimate of drug-likeness (QED) is 0.292. The van der Waals surface area contributed by atoms with Crippen molar-refractivity contribution in [2.45, 2.75) is 19.4 Å². The van der Waals surface area contributed by atoms with Crippen LogP contribution in [0.2, 0.25) is 0 Å². The van der Waals surface area contributed by atoms with Gasteiger partial charge in [-0.05, 0) is 25.1 Å². The summed E-state index contributed by atoms with van der Waals surface area (Å²) in [6, 6.07) is 14.2. The molecule has 0 aliphatic heterocycles. The number of carbonyl (C=O) groups is 2. The van der Waals surface area contributed by atoms with E-state index < -0.39 is 18.1 Å². The van der Waals surface area contributed by atoms with E-state index in [1.54, 1.807) is 36.4 Å². The lowest BCUT2D eigenvalue weighted by Gasteiger charge is -2.20. The molecule has 2 aromatic rings. The third-order valence-electron chi connectivity index (χ3n) is 3.89. The van der Waals surface area contributed by atoms with E-state index in [0.29, 0.717) is 17.0 Å². The Labute approximate surface area is 168 Å². The van der Waals surface area contributed by atoms with Crippen LogP contribution < -0.4 is 15.5 Å². The highest BCUT2D eigenvalue weighted by Gasteiger charge is 2.20. The summed E-state index contributed by atoms with van der Waals surface area (Å²) >= 11 is 0. The molecule has 2 rings (SSSR count). The van der Waals surface area contributed by atoms with Crippen molar-refractivity contribution in [1.82, 2.24) is 5.48 Å². The smallest absolute Gasteiger partial charge is 0.412 e. The average molecular weight is 400 g/mol. The Balaban J connectivity index is 2.18. The first-order valence-electron chi connectivity index (χ1n) is 9.01. The topological polar surface area (TPSA) is 117 Å². The zero-order valence-electron chi connectivity index (χ0n) is 16.0. The van der Waals surface area contributed by atoms with Crippen molar-refractivity contribution >= 4 is 17.7 Å². The normalized spacial score (nSPS) is 11.7. The number of amides is 2. The van der Waals surface area contributed by atoms with E-state index in [-0.39, 0.29) is 19.6 Å². The third kappa shape index (κ3) is 7.28. The summed E-state index contributed by atoms with van der Waals surface area (Å²) < 4.78 is 11.1. The van der Waals surface area contributed by atoms with E-state index in [2.05, 4.69) is 5.32 Å². The minimum Gasteiger partial charge on any atom is -0.491 e. The van der Waals surface area contributed by atoms with Gasteiger partial charge < -0.3 is 14.6 Å². The van der Waals surface area contributed by atoms with Gasteiger partial charge in [0.1, 0.15) is 18.5 Å². The molecule has 1 atom stereocenters. The summed E-state index contributed by atoms with van der Waals surface area (Å²) in [4.78, 5) is 23.6. The number of hydrogen-bond donors (Lipinski definition) is 4. The number of hydroxylamine groups is 1. The van der Waals surface area contributed by atoms with Crippen molar-refractivity contribution in [3.8, 4) is 5.75 Å². The monoisotopic (exact) mass is 400 g/mol. The molecule has 154 valence electrons. The van der Waals surface area contributed by atoms with E-state index >= 15 is 0 Å². The van der Waals surface area contributed by atoms with Gasteiger partial charge in [-0.25, -0.2) is 10.3 Å². The van der Waals surface area contributed by atoms with Crippen molar-refractivity contribution in [2.24, 2.45) is 0 Å². The highest BCUT2D eigenvalue weighted by atomic mass is 16.6. The molecule has 8 nitrogen and oxygen atoms in total. The summed E-state index contributed by atoms with van der Waals surface area (Å²) in [6.07, 6.45) is 1.33. The molecule has 0 unspecified atom stereocenters. The van der Waals surface area contributed by atoms with Crippen LogP contribution in [0.1, 0.15) is 23.7 Å². The number of benzene rings is 2. The number of nitrogens with one attached hydrogen (secondary N) is 2. The molecule has 4 N–H and O–H groups in total. The number of carbonyl (C=O) groups excluding carboxylic acids is 2. The minimum atomic E-state index is -0.766. The highest BCUT2D eigenvalue weighted by Crippen LogP contribution is 2.31. The van der Waals surface area contributed by atoms with E-state index in [1.807, 2.05) is 19.1 Å². The molecule has 0 bridgehead atoms. The van der Waals surface area contributed by atoms with Crippen LogP contribution in [0, 0.1) is 6.92 Å². The first kappa shape index (κ1) is 21.9. The van der Waals surface area contributed by atoms with Gasteiger partial charge in [0.05, 0.1) is 6.61 Å².